The van der Waals surface area contributed by atoms with Gasteiger partial charge in [0.05, 0.1) is 17.7 Å². The number of nitriles is 1. The van der Waals surface area contributed by atoms with Gasteiger partial charge < -0.3 is 9.15 Å². The van der Waals surface area contributed by atoms with Gasteiger partial charge in [-0.15, -0.1) is 0 Å². The molecule has 0 aliphatic rings. The number of methoxy groups -OCH3 is 1. The van der Waals surface area contributed by atoms with Crippen LogP contribution in [0, 0.1) is 11.3 Å². The van der Waals surface area contributed by atoms with Crippen LogP contribution in [0.25, 0.3) is 34.2 Å². The first-order valence-electron chi connectivity index (χ1n) is 10.6. The molecule has 35 heavy (non-hydrogen) atoms. The summed E-state index contributed by atoms with van der Waals surface area (Å²) >= 11 is 0. The predicted molar refractivity (Wildman–Crippen MR) is 133 cm³/mol. The van der Waals surface area contributed by atoms with Crippen molar-refractivity contribution in [1.29, 1.82) is 5.26 Å². The lowest BCUT2D eigenvalue weighted by Gasteiger charge is -2.02. The van der Waals surface area contributed by atoms with Crippen molar-refractivity contribution in [3.05, 3.63) is 102 Å². The minimum atomic E-state index is -4.03. The van der Waals surface area contributed by atoms with Crippen molar-refractivity contribution >= 4 is 26.9 Å². The van der Waals surface area contributed by atoms with Gasteiger partial charge in [0, 0.05) is 17.1 Å². The SMILES string of the molecule is COc1cccc2cc(-c3nn(-c4ccccc4)cc3/C=C(/C#N)S(=O)(=O)c3ccccc3)oc12. The van der Waals surface area contributed by atoms with Crippen LogP contribution >= 0.6 is 0 Å². The molecule has 0 saturated heterocycles. The van der Waals surface area contributed by atoms with Gasteiger partial charge >= 0.3 is 0 Å². The fourth-order valence-electron chi connectivity index (χ4n) is 3.75. The summed E-state index contributed by atoms with van der Waals surface area (Å²) in [6.07, 6.45) is 3.00. The van der Waals surface area contributed by atoms with E-state index in [1.807, 2.05) is 54.6 Å². The first-order valence-corrected chi connectivity index (χ1v) is 12.1. The van der Waals surface area contributed by atoms with E-state index in [1.54, 1.807) is 42.3 Å². The van der Waals surface area contributed by atoms with Crippen LogP contribution in [0.4, 0.5) is 0 Å². The highest BCUT2D eigenvalue weighted by molar-refractivity contribution is 7.95. The lowest BCUT2D eigenvalue weighted by molar-refractivity contribution is 0.411. The molecule has 0 atom stereocenters. The standard InChI is InChI=1S/C27H19N3O4S/c1-33-24-14-8-9-19-16-25(34-27(19)24)26-20(18-30(29-26)21-10-4-2-5-11-21)15-23(17-28)35(31,32)22-12-6-3-7-13-22/h2-16,18H,1H3/b23-15-. The molecule has 0 fully saturated rings. The molecule has 0 unspecified atom stereocenters. The molecule has 0 aliphatic heterocycles. The monoisotopic (exact) mass is 481 g/mol. The van der Waals surface area contributed by atoms with Crippen molar-refractivity contribution in [2.24, 2.45) is 0 Å². The van der Waals surface area contributed by atoms with Crippen LogP contribution in [0.15, 0.2) is 105 Å². The topological polar surface area (TPSA) is 98.1 Å². The lowest BCUT2D eigenvalue weighted by atomic mass is 10.2. The molecule has 8 heteroatoms. The number of furan rings is 1. The molecular weight excluding hydrogens is 462 g/mol. The maximum Gasteiger partial charge on any atom is 0.216 e. The Kier molecular flexibility index (Phi) is 5.69. The number of hydrogen-bond acceptors (Lipinski definition) is 6. The molecule has 0 radical (unpaired) electrons. The fourth-order valence-corrected chi connectivity index (χ4v) is 4.92. The zero-order chi connectivity index (χ0) is 24.4. The third kappa shape index (κ3) is 4.09. The Labute approximate surface area is 202 Å². The summed E-state index contributed by atoms with van der Waals surface area (Å²) in [5, 5.41) is 15.3. The second kappa shape index (κ2) is 8.97. The zero-order valence-corrected chi connectivity index (χ0v) is 19.4. The second-order valence-electron chi connectivity index (χ2n) is 7.64. The highest BCUT2D eigenvalue weighted by atomic mass is 32.2. The summed E-state index contributed by atoms with van der Waals surface area (Å²) in [4.78, 5) is -0.357. The predicted octanol–water partition coefficient (Wildman–Crippen LogP) is 5.63. The summed E-state index contributed by atoms with van der Waals surface area (Å²) in [5.74, 6) is 0.984. The van der Waals surface area contributed by atoms with E-state index in [-0.39, 0.29) is 4.90 Å². The van der Waals surface area contributed by atoms with Gasteiger partial charge in [0.25, 0.3) is 0 Å². The van der Waals surface area contributed by atoms with Gasteiger partial charge in [-0.05, 0) is 42.5 Å². The normalized spacial score (nSPS) is 11.9. The van der Waals surface area contributed by atoms with Crippen LogP contribution < -0.4 is 4.74 Å². The number of rotatable bonds is 6. The molecule has 2 heterocycles. The minimum absolute atomic E-state index is 0.0401. The molecule has 0 spiro atoms. The third-order valence-electron chi connectivity index (χ3n) is 5.46. The van der Waals surface area contributed by atoms with Gasteiger partial charge in [0.15, 0.2) is 17.1 Å². The highest BCUT2D eigenvalue weighted by Crippen LogP contribution is 2.35. The van der Waals surface area contributed by atoms with Crippen molar-refractivity contribution in [1.82, 2.24) is 9.78 Å². The number of fused-ring (bicyclic) bond motifs is 1. The van der Waals surface area contributed by atoms with Crippen LogP contribution in [-0.2, 0) is 9.84 Å². The smallest absolute Gasteiger partial charge is 0.216 e. The summed E-state index contributed by atoms with van der Waals surface area (Å²) < 4.78 is 39.4. The van der Waals surface area contributed by atoms with Crippen LogP contribution in [-0.4, -0.2) is 25.3 Å². The quantitative estimate of drug-likeness (QED) is 0.291. The van der Waals surface area contributed by atoms with E-state index in [2.05, 4.69) is 5.10 Å². The molecular formula is C27H19N3O4S. The van der Waals surface area contributed by atoms with Crippen LogP contribution in [0.2, 0.25) is 0 Å². The number of para-hydroxylation sites is 2. The number of hydrogen-bond donors (Lipinski definition) is 0. The van der Waals surface area contributed by atoms with E-state index in [1.165, 1.54) is 18.2 Å². The van der Waals surface area contributed by atoms with E-state index in [9.17, 15) is 13.7 Å². The number of ether oxygens (including phenoxy) is 1. The highest BCUT2D eigenvalue weighted by Gasteiger charge is 2.23. The van der Waals surface area contributed by atoms with Gasteiger partial charge in [-0.2, -0.15) is 10.4 Å². The van der Waals surface area contributed by atoms with E-state index in [4.69, 9.17) is 9.15 Å². The first-order chi connectivity index (χ1) is 17.0. The number of sulfone groups is 1. The lowest BCUT2D eigenvalue weighted by Crippen LogP contribution is -2.03. The summed E-state index contributed by atoms with van der Waals surface area (Å²) in [6.45, 7) is 0. The molecule has 7 nitrogen and oxygen atoms in total. The maximum atomic E-state index is 13.2. The van der Waals surface area contributed by atoms with Gasteiger partial charge in [-0.25, -0.2) is 13.1 Å². The molecule has 0 bridgehead atoms. The molecule has 5 aromatic rings. The van der Waals surface area contributed by atoms with Crippen molar-refractivity contribution < 1.29 is 17.6 Å². The molecule has 5 rings (SSSR count). The number of benzene rings is 3. The number of nitrogens with zero attached hydrogens (tertiary/aromatic N) is 3. The average molecular weight is 482 g/mol. The third-order valence-corrected chi connectivity index (χ3v) is 7.15. The van der Waals surface area contributed by atoms with Crippen molar-refractivity contribution in [2.45, 2.75) is 4.90 Å². The van der Waals surface area contributed by atoms with Crippen LogP contribution in [0.5, 0.6) is 5.75 Å². The zero-order valence-electron chi connectivity index (χ0n) is 18.6. The molecule has 0 saturated carbocycles. The van der Waals surface area contributed by atoms with Gasteiger partial charge in [-0.1, -0.05) is 48.5 Å². The van der Waals surface area contributed by atoms with Crippen molar-refractivity contribution in [2.75, 3.05) is 7.11 Å². The Balaban J connectivity index is 1.71. The molecule has 3 aromatic carbocycles. The van der Waals surface area contributed by atoms with Crippen molar-refractivity contribution in [3.63, 3.8) is 0 Å². The van der Waals surface area contributed by atoms with Crippen LogP contribution in [0.3, 0.4) is 0 Å². The molecule has 0 aliphatic carbocycles. The average Bonchev–Trinajstić information content (AvgIpc) is 3.52. The van der Waals surface area contributed by atoms with E-state index < -0.39 is 14.7 Å². The van der Waals surface area contributed by atoms with Crippen molar-refractivity contribution in [3.8, 4) is 29.0 Å². The Bertz CT molecular complexity index is 1690. The Hall–Kier alpha value is -4.61. The minimum Gasteiger partial charge on any atom is -0.493 e. The van der Waals surface area contributed by atoms with E-state index >= 15 is 0 Å². The van der Waals surface area contributed by atoms with Gasteiger partial charge in [0.1, 0.15) is 16.7 Å². The maximum absolute atomic E-state index is 13.2. The van der Waals surface area contributed by atoms with E-state index in [0.29, 0.717) is 28.4 Å². The largest absolute Gasteiger partial charge is 0.493 e. The summed E-state index contributed by atoms with van der Waals surface area (Å²) in [6, 6.07) is 26.4. The molecule has 0 N–H and O–H groups in total. The Morgan fingerprint density at radius 1 is 1.03 bits per heavy atom. The summed E-state index contributed by atoms with van der Waals surface area (Å²) in [7, 11) is -2.47. The Morgan fingerprint density at radius 2 is 1.74 bits per heavy atom. The van der Waals surface area contributed by atoms with Gasteiger partial charge in [-0.3, -0.25) is 0 Å². The molecule has 172 valence electrons. The molecule has 0 amide bonds. The first kappa shape index (κ1) is 22.2. The fraction of sp³-hybridized carbons (Fsp3) is 0.0370. The van der Waals surface area contributed by atoms with E-state index in [0.717, 1.165) is 11.1 Å². The second-order valence-corrected chi connectivity index (χ2v) is 9.56. The number of allylic oxidation sites excluding steroid dienone is 1. The van der Waals surface area contributed by atoms with Crippen LogP contribution in [0.1, 0.15) is 5.56 Å². The summed E-state index contributed by atoms with van der Waals surface area (Å²) in [5.41, 5.74) is 2.13. The molecule has 2 aromatic heterocycles. The van der Waals surface area contributed by atoms with Gasteiger partial charge in [0.2, 0.25) is 9.84 Å². The number of aromatic nitrogens is 2. The Morgan fingerprint density at radius 3 is 2.43 bits per heavy atom.